The third-order valence-corrected chi connectivity index (χ3v) is 5.38. The van der Waals surface area contributed by atoms with Crippen molar-refractivity contribution in [2.75, 3.05) is 39.3 Å². The number of carbonyl (C=O) groups excluding carboxylic acids is 2. The molecule has 1 unspecified atom stereocenters. The lowest BCUT2D eigenvalue weighted by Gasteiger charge is -2.34. The number of nitrogens with zero attached hydrogens (tertiary/aromatic N) is 2. The maximum absolute atomic E-state index is 12.5. The second-order valence-electron chi connectivity index (χ2n) is 7.68. The average Bonchev–Trinajstić information content (AvgIpc) is 2.71. The van der Waals surface area contributed by atoms with Gasteiger partial charge in [0.05, 0.1) is 0 Å². The van der Waals surface area contributed by atoms with Gasteiger partial charge in [0.2, 0.25) is 5.91 Å². The minimum Gasteiger partial charge on any atom is -0.370 e. The molecule has 1 aliphatic heterocycles. The van der Waals surface area contributed by atoms with Crippen molar-refractivity contribution in [2.45, 2.75) is 19.8 Å². The van der Waals surface area contributed by atoms with Gasteiger partial charge in [-0.15, -0.1) is 0 Å². The van der Waals surface area contributed by atoms with Gasteiger partial charge in [-0.3, -0.25) is 9.69 Å². The van der Waals surface area contributed by atoms with Crippen molar-refractivity contribution in [3.8, 4) is 0 Å². The molecular weight excluding hydrogens is 352 g/mol. The SMILES string of the molecule is CC(CNC(=O)N1CCN(CCC(N)=O)CC1)Cc1cccc2ccccc12. The molecule has 1 heterocycles. The summed E-state index contributed by atoms with van der Waals surface area (Å²) in [5.41, 5.74) is 6.52. The number of nitrogens with two attached hydrogens (primary N) is 1. The molecule has 1 saturated heterocycles. The lowest BCUT2D eigenvalue weighted by atomic mass is 9.96. The summed E-state index contributed by atoms with van der Waals surface area (Å²) in [5, 5.41) is 5.62. The van der Waals surface area contributed by atoms with Gasteiger partial charge in [0.1, 0.15) is 0 Å². The number of hydrogen-bond acceptors (Lipinski definition) is 3. The predicted molar refractivity (Wildman–Crippen MR) is 112 cm³/mol. The second kappa shape index (κ2) is 9.55. The number of primary amides is 1. The number of amides is 3. The molecule has 6 nitrogen and oxygen atoms in total. The van der Waals surface area contributed by atoms with Crippen LogP contribution in [0.1, 0.15) is 18.9 Å². The Morgan fingerprint density at radius 2 is 1.79 bits per heavy atom. The van der Waals surface area contributed by atoms with E-state index >= 15 is 0 Å². The topological polar surface area (TPSA) is 78.7 Å². The van der Waals surface area contributed by atoms with Crippen molar-refractivity contribution >= 4 is 22.7 Å². The largest absolute Gasteiger partial charge is 0.370 e. The molecule has 0 radical (unpaired) electrons. The van der Waals surface area contributed by atoms with Crippen LogP contribution in [0.2, 0.25) is 0 Å². The van der Waals surface area contributed by atoms with Crippen molar-refractivity contribution in [1.82, 2.24) is 15.1 Å². The van der Waals surface area contributed by atoms with Gasteiger partial charge in [0.25, 0.3) is 0 Å². The first-order valence-corrected chi connectivity index (χ1v) is 10.0. The van der Waals surface area contributed by atoms with Gasteiger partial charge in [-0.05, 0) is 28.7 Å². The molecule has 0 aliphatic carbocycles. The standard InChI is InChI=1S/C22H30N4O2/c1-17(15-19-7-4-6-18-5-2-3-8-20(18)19)16-24-22(28)26-13-11-25(12-14-26)10-9-21(23)27/h2-8,17H,9-16H2,1H3,(H2,23,27)(H,24,28). The molecule has 2 aromatic carbocycles. The van der Waals surface area contributed by atoms with Crippen LogP contribution in [-0.2, 0) is 11.2 Å². The Hall–Kier alpha value is -2.60. The van der Waals surface area contributed by atoms with Crippen LogP contribution in [0.15, 0.2) is 42.5 Å². The zero-order valence-corrected chi connectivity index (χ0v) is 16.6. The summed E-state index contributed by atoms with van der Waals surface area (Å²) in [6.45, 7) is 6.43. The average molecular weight is 383 g/mol. The van der Waals surface area contributed by atoms with E-state index in [0.717, 1.165) is 19.5 Å². The maximum Gasteiger partial charge on any atom is 0.317 e. The van der Waals surface area contributed by atoms with Gasteiger partial charge in [-0.2, -0.15) is 0 Å². The van der Waals surface area contributed by atoms with Gasteiger partial charge in [-0.1, -0.05) is 49.4 Å². The zero-order chi connectivity index (χ0) is 19.9. The van der Waals surface area contributed by atoms with Gasteiger partial charge < -0.3 is 16.0 Å². The summed E-state index contributed by atoms with van der Waals surface area (Å²) in [5.74, 6) is 0.0759. The molecular formula is C22H30N4O2. The summed E-state index contributed by atoms with van der Waals surface area (Å²) in [6.07, 6.45) is 1.31. The number of urea groups is 1. The van der Waals surface area contributed by atoms with Crippen molar-refractivity contribution < 1.29 is 9.59 Å². The lowest BCUT2D eigenvalue weighted by molar-refractivity contribution is -0.118. The van der Waals surface area contributed by atoms with Gasteiger partial charge in [0, 0.05) is 45.7 Å². The molecule has 1 atom stereocenters. The third kappa shape index (κ3) is 5.45. The van der Waals surface area contributed by atoms with Crippen molar-refractivity contribution in [3.05, 3.63) is 48.0 Å². The van der Waals surface area contributed by atoms with Gasteiger partial charge in [-0.25, -0.2) is 4.79 Å². The Labute approximate surface area is 166 Å². The van der Waals surface area contributed by atoms with Crippen LogP contribution in [-0.4, -0.2) is 61.0 Å². The summed E-state index contributed by atoms with van der Waals surface area (Å²) >= 11 is 0. The van der Waals surface area contributed by atoms with E-state index in [-0.39, 0.29) is 11.9 Å². The highest BCUT2D eigenvalue weighted by Gasteiger charge is 2.21. The highest BCUT2D eigenvalue weighted by atomic mass is 16.2. The second-order valence-corrected chi connectivity index (χ2v) is 7.68. The van der Waals surface area contributed by atoms with E-state index in [0.29, 0.717) is 38.5 Å². The normalized spacial score (nSPS) is 16.1. The molecule has 150 valence electrons. The summed E-state index contributed by atoms with van der Waals surface area (Å²) in [6, 6.07) is 14.8. The van der Waals surface area contributed by atoms with Crippen LogP contribution in [0.3, 0.4) is 0 Å². The molecule has 0 spiro atoms. The van der Waals surface area contributed by atoms with Gasteiger partial charge in [0.15, 0.2) is 0 Å². The molecule has 2 aromatic rings. The van der Waals surface area contributed by atoms with Crippen LogP contribution in [0.25, 0.3) is 10.8 Å². The first-order chi connectivity index (χ1) is 13.5. The highest BCUT2D eigenvalue weighted by molar-refractivity contribution is 5.85. The van der Waals surface area contributed by atoms with E-state index in [4.69, 9.17) is 5.73 Å². The van der Waals surface area contributed by atoms with Crippen LogP contribution < -0.4 is 11.1 Å². The predicted octanol–water partition coefficient (Wildman–Crippen LogP) is 2.22. The molecule has 1 aliphatic rings. The Kier molecular flexibility index (Phi) is 6.87. The number of piperazine rings is 1. The number of hydrogen-bond donors (Lipinski definition) is 2. The van der Waals surface area contributed by atoms with Crippen LogP contribution in [0.5, 0.6) is 0 Å². The maximum atomic E-state index is 12.5. The monoisotopic (exact) mass is 382 g/mol. The van der Waals surface area contributed by atoms with E-state index in [2.05, 4.69) is 59.6 Å². The minimum absolute atomic E-state index is 0.000629. The van der Waals surface area contributed by atoms with E-state index in [1.54, 1.807) is 0 Å². The van der Waals surface area contributed by atoms with E-state index in [1.807, 2.05) is 4.90 Å². The number of carbonyl (C=O) groups is 2. The number of rotatable bonds is 7. The Bertz CT molecular complexity index is 810. The molecule has 3 N–H and O–H groups in total. The smallest absolute Gasteiger partial charge is 0.317 e. The van der Waals surface area contributed by atoms with Crippen molar-refractivity contribution in [3.63, 3.8) is 0 Å². The summed E-state index contributed by atoms with van der Waals surface area (Å²) < 4.78 is 0. The Morgan fingerprint density at radius 3 is 2.54 bits per heavy atom. The van der Waals surface area contributed by atoms with E-state index in [1.165, 1.54) is 16.3 Å². The molecule has 3 amide bonds. The molecule has 0 saturated carbocycles. The lowest BCUT2D eigenvalue weighted by Crippen LogP contribution is -2.52. The Morgan fingerprint density at radius 1 is 1.07 bits per heavy atom. The van der Waals surface area contributed by atoms with E-state index < -0.39 is 0 Å². The molecule has 0 aromatic heterocycles. The van der Waals surface area contributed by atoms with Crippen LogP contribution in [0.4, 0.5) is 4.79 Å². The first-order valence-electron chi connectivity index (χ1n) is 10.0. The molecule has 1 fully saturated rings. The minimum atomic E-state index is -0.277. The first kappa shape index (κ1) is 20.1. The molecule has 0 bridgehead atoms. The third-order valence-electron chi connectivity index (χ3n) is 5.38. The number of benzene rings is 2. The summed E-state index contributed by atoms with van der Waals surface area (Å²) in [7, 11) is 0. The van der Waals surface area contributed by atoms with Gasteiger partial charge >= 0.3 is 6.03 Å². The summed E-state index contributed by atoms with van der Waals surface area (Å²) in [4.78, 5) is 27.4. The fourth-order valence-corrected chi connectivity index (χ4v) is 3.73. The fourth-order valence-electron chi connectivity index (χ4n) is 3.73. The highest BCUT2D eigenvalue weighted by Crippen LogP contribution is 2.21. The van der Waals surface area contributed by atoms with E-state index in [9.17, 15) is 9.59 Å². The van der Waals surface area contributed by atoms with Crippen LogP contribution >= 0.6 is 0 Å². The molecule has 3 rings (SSSR count). The fraction of sp³-hybridized carbons (Fsp3) is 0.455. The molecule has 6 heteroatoms. The Balaban J connectivity index is 1.44. The number of fused-ring (bicyclic) bond motifs is 1. The quantitative estimate of drug-likeness (QED) is 0.771. The zero-order valence-electron chi connectivity index (χ0n) is 16.6. The number of nitrogens with one attached hydrogen (secondary N) is 1. The molecule has 28 heavy (non-hydrogen) atoms. The van der Waals surface area contributed by atoms with Crippen molar-refractivity contribution in [2.24, 2.45) is 11.7 Å². The van der Waals surface area contributed by atoms with Crippen molar-refractivity contribution in [1.29, 1.82) is 0 Å². The van der Waals surface area contributed by atoms with Crippen LogP contribution in [0, 0.1) is 5.92 Å².